The van der Waals surface area contributed by atoms with E-state index in [1.165, 1.54) is 0 Å². The van der Waals surface area contributed by atoms with Gasteiger partial charge in [-0.1, -0.05) is 0 Å². The van der Waals surface area contributed by atoms with Crippen molar-refractivity contribution in [3.05, 3.63) is 41.1 Å². The Hall–Kier alpha value is -2.43. The number of hydrogen-bond acceptors (Lipinski definition) is 3. The number of benzene rings is 1. The molecule has 0 spiro atoms. The van der Waals surface area contributed by atoms with E-state index in [-0.39, 0.29) is 11.8 Å². The monoisotopic (exact) mass is 339 g/mol. The summed E-state index contributed by atoms with van der Waals surface area (Å²) < 4.78 is 0. The van der Waals surface area contributed by atoms with Crippen LogP contribution >= 0.6 is 0 Å². The normalized spacial score (nSPS) is 17.1. The number of fused-ring (bicyclic) bond motifs is 1. The first-order chi connectivity index (χ1) is 11.9. The molecule has 1 saturated heterocycles. The van der Waals surface area contributed by atoms with Gasteiger partial charge in [-0.15, -0.1) is 0 Å². The number of carbonyl (C=O) groups excluding carboxylic acids is 2. The van der Waals surface area contributed by atoms with Crippen molar-refractivity contribution in [2.45, 2.75) is 27.2 Å². The third-order valence-electron chi connectivity index (χ3n) is 5.05. The van der Waals surface area contributed by atoms with Gasteiger partial charge in [0.05, 0.1) is 11.1 Å². The first-order valence-corrected chi connectivity index (χ1v) is 8.73. The molecular formula is C20H25N3O2. The molecule has 3 rings (SSSR count). The Balaban J connectivity index is 1.82. The van der Waals surface area contributed by atoms with Gasteiger partial charge in [-0.05, 0) is 55.5 Å². The molecule has 1 fully saturated rings. The third kappa shape index (κ3) is 3.50. The van der Waals surface area contributed by atoms with Crippen LogP contribution in [0, 0.1) is 19.8 Å². The van der Waals surface area contributed by atoms with Gasteiger partial charge in [-0.3, -0.25) is 14.6 Å². The molecule has 0 aliphatic carbocycles. The van der Waals surface area contributed by atoms with E-state index < -0.39 is 0 Å². The average Bonchev–Trinajstić information content (AvgIpc) is 3.03. The van der Waals surface area contributed by atoms with E-state index in [1.54, 1.807) is 18.0 Å². The predicted molar refractivity (Wildman–Crippen MR) is 98.5 cm³/mol. The van der Waals surface area contributed by atoms with Gasteiger partial charge < -0.3 is 9.80 Å². The van der Waals surface area contributed by atoms with Gasteiger partial charge in [0.2, 0.25) is 5.91 Å². The van der Waals surface area contributed by atoms with E-state index in [1.807, 2.05) is 37.9 Å². The molecule has 132 valence electrons. The average molecular weight is 339 g/mol. The Labute approximate surface area is 148 Å². The number of pyridine rings is 1. The summed E-state index contributed by atoms with van der Waals surface area (Å²) in [5, 5.41) is 1.03. The highest BCUT2D eigenvalue weighted by Crippen LogP contribution is 2.24. The zero-order valence-corrected chi connectivity index (χ0v) is 15.4. The van der Waals surface area contributed by atoms with Crippen LogP contribution in [0.2, 0.25) is 0 Å². The Bertz CT molecular complexity index is 831. The number of carbonyl (C=O) groups is 2. The van der Waals surface area contributed by atoms with Crippen molar-refractivity contribution >= 4 is 22.7 Å². The fourth-order valence-corrected chi connectivity index (χ4v) is 3.64. The lowest BCUT2D eigenvalue weighted by molar-refractivity contribution is -0.127. The number of nitrogens with zero attached hydrogens (tertiary/aromatic N) is 3. The Morgan fingerprint density at radius 2 is 2.08 bits per heavy atom. The summed E-state index contributed by atoms with van der Waals surface area (Å²) in [6.45, 7) is 7.82. The molecule has 2 aromatic rings. The molecule has 5 heteroatoms. The molecule has 0 radical (unpaired) electrons. The van der Waals surface area contributed by atoms with Crippen molar-refractivity contribution in [3.63, 3.8) is 0 Å². The molecule has 5 nitrogen and oxygen atoms in total. The molecule has 1 atom stereocenters. The number of aryl methyl sites for hydroxylation is 2. The molecule has 1 aliphatic heterocycles. The van der Waals surface area contributed by atoms with Crippen molar-refractivity contribution < 1.29 is 9.59 Å². The highest BCUT2D eigenvalue weighted by atomic mass is 16.2. The quantitative estimate of drug-likeness (QED) is 0.864. The second-order valence-electron chi connectivity index (χ2n) is 7.14. The van der Waals surface area contributed by atoms with Crippen LogP contribution in [-0.4, -0.2) is 53.3 Å². The maximum absolute atomic E-state index is 13.0. The molecule has 0 N–H and O–H groups in total. The fourth-order valence-electron chi connectivity index (χ4n) is 3.64. The van der Waals surface area contributed by atoms with E-state index in [2.05, 4.69) is 11.1 Å². The molecule has 1 aliphatic rings. The first-order valence-electron chi connectivity index (χ1n) is 8.73. The summed E-state index contributed by atoms with van der Waals surface area (Å²) in [6, 6.07) is 5.97. The van der Waals surface area contributed by atoms with E-state index in [0.29, 0.717) is 18.0 Å². The van der Waals surface area contributed by atoms with Gasteiger partial charge in [0, 0.05) is 45.2 Å². The highest BCUT2D eigenvalue weighted by Gasteiger charge is 2.27. The van der Waals surface area contributed by atoms with Gasteiger partial charge >= 0.3 is 0 Å². The third-order valence-corrected chi connectivity index (χ3v) is 5.05. The van der Waals surface area contributed by atoms with Crippen LogP contribution in [0.4, 0.5) is 0 Å². The van der Waals surface area contributed by atoms with Gasteiger partial charge in [-0.25, -0.2) is 0 Å². The summed E-state index contributed by atoms with van der Waals surface area (Å²) >= 11 is 0. The maximum atomic E-state index is 13.0. The van der Waals surface area contributed by atoms with Crippen LogP contribution in [0.3, 0.4) is 0 Å². The molecule has 2 amide bonds. The minimum Gasteiger partial charge on any atom is -0.343 e. The molecule has 25 heavy (non-hydrogen) atoms. The lowest BCUT2D eigenvalue weighted by Crippen LogP contribution is -2.34. The minimum atomic E-state index is -0.00641. The Kier molecular flexibility index (Phi) is 4.75. The molecule has 1 aromatic heterocycles. The highest BCUT2D eigenvalue weighted by molar-refractivity contribution is 6.06. The van der Waals surface area contributed by atoms with Crippen molar-refractivity contribution in [3.8, 4) is 0 Å². The van der Waals surface area contributed by atoms with Crippen LogP contribution in [0.1, 0.15) is 34.8 Å². The topological polar surface area (TPSA) is 53.5 Å². The van der Waals surface area contributed by atoms with Crippen LogP contribution in [-0.2, 0) is 4.79 Å². The van der Waals surface area contributed by atoms with Crippen LogP contribution in [0.5, 0.6) is 0 Å². The van der Waals surface area contributed by atoms with E-state index >= 15 is 0 Å². The number of rotatable bonds is 3. The van der Waals surface area contributed by atoms with Crippen LogP contribution < -0.4 is 0 Å². The molecule has 1 aromatic carbocycles. The second kappa shape index (κ2) is 6.82. The number of likely N-dealkylation sites (tertiary alicyclic amines) is 1. The number of amides is 2. The van der Waals surface area contributed by atoms with Crippen LogP contribution in [0.15, 0.2) is 24.4 Å². The predicted octanol–water partition coefficient (Wildman–Crippen LogP) is 2.79. The minimum absolute atomic E-state index is 0.00641. The van der Waals surface area contributed by atoms with Crippen molar-refractivity contribution in [1.29, 1.82) is 0 Å². The standard InChI is InChI=1S/C20H25N3O2/c1-13-9-17-14(2)5-7-21-19(17)18(10-13)20(25)22(4)11-16-6-8-23(12-16)15(3)24/h5,7,9-10,16H,6,8,11-12H2,1-4H3/t16-/m0/s1. The van der Waals surface area contributed by atoms with Crippen LogP contribution in [0.25, 0.3) is 10.9 Å². The SMILES string of the molecule is CC(=O)N1CC[C@@H](CN(C)C(=O)c2cc(C)cc3c(C)ccnc23)C1. The summed E-state index contributed by atoms with van der Waals surface area (Å²) in [7, 11) is 1.84. The van der Waals surface area contributed by atoms with Gasteiger partial charge in [0.25, 0.3) is 5.91 Å². The van der Waals surface area contributed by atoms with E-state index in [9.17, 15) is 9.59 Å². The van der Waals surface area contributed by atoms with E-state index in [4.69, 9.17) is 0 Å². The van der Waals surface area contributed by atoms with Gasteiger partial charge in [0.1, 0.15) is 0 Å². The fraction of sp³-hybridized carbons (Fsp3) is 0.450. The lowest BCUT2D eigenvalue weighted by Gasteiger charge is -2.22. The Morgan fingerprint density at radius 3 is 2.76 bits per heavy atom. The summed E-state index contributed by atoms with van der Waals surface area (Å²) in [4.78, 5) is 32.6. The number of aromatic nitrogens is 1. The van der Waals surface area contributed by atoms with Crippen molar-refractivity contribution in [2.75, 3.05) is 26.7 Å². The first kappa shape index (κ1) is 17.4. The van der Waals surface area contributed by atoms with Gasteiger partial charge in [-0.2, -0.15) is 0 Å². The Morgan fingerprint density at radius 1 is 1.32 bits per heavy atom. The zero-order valence-electron chi connectivity index (χ0n) is 15.4. The molecule has 2 heterocycles. The summed E-state index contributed by atoms with van der Waals surface area (Å²) in [6.07, 6.45) is 2.70. The largest absolute Gasteiger partial charge is 0.343 e. The van der Waals surface area contributed by atoms with Crippen molar-refractivity contribution in [1.82, 2.24) is 14.8 Å². The smallest absolute Gasteiger partial charge is 0.255 e. The van der Waals surface area contributed by atoms with Crippen molar-refractivity contribution in [2.24, 2.45) is 5.92 Å². The summed E-state index contributed by atoms with van der Waals surface area (Å²) in [5.41, 5.74) is 3.60. The molecular weight excluding hydrogens is 314 g/mol. The maximum Gasteiger partial charge on any atom is 0.255 e. The lowest BCUT2D eigenvalue weighted by atomic mass is 10.0. The zero-order chi connectivity index (χ0) is 18.1. The molecule has 0 bridgehead atoms. The second-order valence-corrected chi connectivity index (χ2v) is 7.14. The number of hydrogen-bond donors (Lipinski definition) is 0. The molecule has 0 saturated carbocycles. The van der Waals surface area contributed by atoms with E-state index in [0.717, 1.165) is 41.5 Å². The molecule has 0 unspecified atom stereocenters. The van der Waals surface area contributed by atoms with Gasteiger partial charge in [0.15, 0.2) is 0 Å². The summed E-state index contributed by atoms with van der Waals surface area (Å²) in [5.74, 6) is 0.442.